The monoisotopic (exact) mass is 352 g/mol. The normalized spacial score (nSPS) is 28.2. The molecule has 1 aliphatic rings. The lowest BCUT2D eigenvalue weighted by atomic mass is 10.1. The van der Waals surface area contributed by atoms with Crippen molar-refractivity contribution in [1.82, 2.24) is 9.55 Å². The molecule has 0 aromatic carbocycles. The Labute approximate surface area is 129 Å². The third kappa shape index (κ3) is 3.78. The fourth-order valence-electron chi connectivity index (χ4n) is 2.39. The maximum absolute atomic E-state index is 11.9. The van der Waals surface area contributed by atoms with Gasteiger partial charge in [0, 0.05) is 18.9 Å². The van der Waals surface area contributed by atoms with Crippen LogP contribution in [0.3, 0.4) is 0 Å². The summed E-state index contributed by atoms with van der Waals surface area (Å²) in [6.45, 7) is 0.858. The number of aliphatic hydroxyl groups is 1. The average molecular weight is 352 g/mol. The molecule has 11 nitrogen and oxygen atoms in total. The lowest BCUT2D eigenvalue weighted by Gasteiger charge is -2.23. The summed E-state index contributed by atoms with van der Waals surface area (Å²) in [6, 6.07) is 0. The molecule has 0 radical (unpaired) electrons. The predicted molar refractivity (Wildman–Crippen MR) is 74.8 cm³/mol. The highest BCUT2D eigenvalue weighted by atomic mass is 31.2. The van der Waals surface area contributed by atoms with E-state index in [1.807, 2.05) is 0 Å². The Hall–Kier alpha value is -1.33. The summed E-state index contributed by atoms with van der Waals surface area (Å²) < 4.78 is 27.3. The number of H-pyrrole nitrogens is 1. The van der Waals surface area contributed by atoms with Gasteiger partial charge in [-0.25, -0.2) is 9.36 Å². The third-order valence-electron chi connectivity index (χ3n) is 3.42. The summed E-state index contributed by atoms with van der Waals surface area (Å²) in [7, 11) is -3.64. The van der Waals surface area contributed by atoms with Crippen LogP contribution in [0, 0.1) is 6.92 Å². The highest BCUT2D eigenvalue weighted by molar-refractivity contribution is 7.46. The summed E-state index contributed by atoms with van der Waals surface area (Å²) in [6.07, 6.45) is -3.45. The number of aromatic amines is 1. The molecule has 1 fully saturated rings. The first-order chi connectivity index (χ1) is 10.7. The number of aliphatic hydroxyl groups excluding tert-OH is 1. The summed E-state index contributed by atoms with van der Waals surface area (Å²) in [5.74, 6) is 0. The van der Waals surface area contributed by atoms with E-state index in [9.17, 15) is 19.3 Å². The van der Waals surface area contributed by atoms with E-state index in [-0.39, 0.29) is 5.56 Å². The van der Waals surface area contributed by atoms with Crippen LogP contribution in [0.15, 0.2) is 15.8 Å². The largest absolute Gasteiger partial charge is 0.470 e. The molecule has 0 amide bonds. The van der Waals surface area contributed by atoms with Crippen molar-refractivity contribution in [1.29, 1.82) is 0 Å². The molecule has 12 heteroatoms. The number of aromatic nitrogens is 2. The molecule has 0 saturated carbocycles. The zero-order valence-electron chi connectivity index (χ0n) is 12.3. The summed E-state index contributed by atoms with van der Waals surface area (Å²) in [4.78, 5) is 43.4. The van der Waals surface area contributed by atoms with Crippen molar-refractivity contribution < 1.29 is 33.5 Å². The number of phosphoric ester groups is 1. The molecule has 2 rings (SSSR count). The van der Waals surface area contributed by atoms with Gasteiger partial charge in [-0.15, -0.1) is 0 Å². The topological polar surface area (TPSA) is 160 Å². The van der Waals surface area contributed by atoms with E-state index in [1.54, 1.807) is 0 Å². The number of hydrogen-bond donors (Lipinski definition) is 4. The van der Waals surface area contributed by atoms with Gasteiger partial charge in [0.2, 0.25) is 0 Å². The van der Waals surface area contributed by atoms with Gasteiger partial charge in [-0.2, -0.15) is 0 Å². The van der Waals surface area contributed by atoms with Gasteiger partial charge >= 0.3 is 13.5 Å². The third-order valence-corrected chi connectivity index (χ3v) is 3.93. The number of phosphoric acid groups is 1. The predicted octanol–water partition coefficient (Wildman–Crippen LogP) is -1.77. The maximum Gasteiger partial charge on any atom is 0.470 e. The van der Waals surface area contributed by atoms with Crippen LogP contribution in [0.2, 0.25) is 0 Å². The fourth-order valence-corrected chi connectivity index (χ4v) is 2.96. The Bertz CT molecular complexity index is 723. The van der Waals surface area contributed by atoms with Gasteiger partial charge < -0.3 is 24.4 Å². The molecule has 0 spiro atoms. The minimum Gasteiger partial charge on any atom is -0.394 e. The zero-order chi connectivity index (χ0) is 17.4. The van der Waals surface area contributed by atoms with Crippen LogP contribution in [0.1, 0.15) is 11.8 Å². The molecule has 4 atom stereocenters. The van der Waals surface area contributed by atoms with Crippen molar-refractivity contribution in [2.24, 2.45) is 0 Å². The summed E-state index contributed by atoms with van der Waals surface area (Å²) >= 11 is 0. The molecule has 0 aliphatic carbocycles. The molecular weight excluding hydrogens is 335 g/mol. The second-order valence-corrected chi connectivity index (χ2v) is 6.18. The fraction of sp³-hybridized carbons (Fsp3) is 0.636. The lowest BCUT2D eigenvalue weighted by Crippen LogP contribution is -2.40. The van der Waals surface area contributed by atoms with Crippen molar-refractivity contribution in [2.45, 2.75) is 31.5 Å². The van der Waals surface area contributed by atoms with E-state index in [4.69, 9.17) is 19.3 Å². The van der Waals surface area contributed by atoms with Crippen molar-refractivity contribution in [3.05, 3.63) is 32.6 Å². The van der Waals surface area contributed by atoms with Crippen LogP contribution in [-0.2, 0) is 18.6 Å². The zero-order valence-corrected chi connectivity index (χ0v) is 13.2. The van der Waals surface area contributed by atoms with Crippen LogP contribution in [-0.4, -0.2) is 56.5 Å². The average Bonchev–Trinajstić information content (AvgIpc) is 2.78. The molecule has 1 aliphatic heterocycles. The van der Waals surface area contributed by atoms with Crippen LogP contribution in [0.4, 0.5) is 0 Å². The highest BCUT2D eigenvalue weighted by Crippen LogP contribution is 2.44. The molecule has 1 saturated heterocycles. The molecule has 2 heterocycles. The number of nitrogens with one attached hydrogen (secondary N) is 1. The van der Waals surface area contributed by atoms with Gasteiger partial charge in [0.1, 0.15) is 18.3 Å². The van der Waals surface area contributed by atoms with Crippen LogP contribution in [0.25, 0.3) is 0 Å². The molecule has 4 N–H and O–H groups in total. The number of rotatable bonds is 5. The number of nitrogens with zero attached hydrogens (tertiary/aromatic N) is 1. The van der Waals surface area contributed by atoms with Gasteiger partial charge in [-0.1, -0.05) is 0 Å². The van der Waals surface area contributed by atoms with Gasteiger partial charge in [0.05, 0.1) is 6.61 Å². The molecule has 0 bridgehead atoms. The van der Waals surface area contributed by atoms with Crippen LogP contribution < -0.4 is 11.2 Å². The first-order valence-electron chi connectivity index (χ1n) is 6.53. The Morgan fingerprint density at radius 1 is 1.39 bits per heavy atom. The lowest BCUT2D eigenvalue weighted by molar-refractivity contribution is -0.0626. The van der Waals surface area contributed by atoms with Crippen LogP contribution in [0.5, 0.6) is 0 Å². The SMILES string of the molecule is CO[C@@H]1[C@H](OP(=O)(O)O)[C@@H](CO)O[C@H]1n1cc(C)c(=O)[nH]c1=O. The van der Waals surface area contributed by atoms with E-state index in [0.29, 0.717) is 0 Å². The second kappa shape index (κ2) is 6.65. The van der Waals surface area contributed by atoms with E-state index in [1.165, 1.54) is 20.2 Å². The highest BCUT2D eigenvalue weighted by Gasteiger charge is 2.49. The number of hydrogen-bond acceptors (Lipinski definition) is 7. The molecular formula is C11H17N2O9P. The van der Waals surface area contributed by atoms with Gasteiger partial charge in [-0.05, 0) is 6.92 Å². The van der Waals surface area contributed by atoms with Crippen molar-refractivity contribution >= 4 is 7.82 Å². The maximum atomic E-state index is 11.9. The van der Waals surface area contributed by atoms with Crippen molar-refractivity contribution in [3.8, 4) is 0 Å². The van der Waals surface area contributed by atoms with E-state index in [0.717, 1.165) is 4.57 Å². The Morgan fingerprint density at radius 2 is 2.04 bits per heavy atom. The quantitative estimate of drug-likeness (QED) is 0.449. The molecule has 1 aromatic heterocycles. The van der Waals surface area contributed by atoms with E-state index in [2.05, 4.69) is 9.51 Å². The molecule has 0 unspecified atom stereocenters. The van der Waals surface area contributed by atoms with Crippen molar-refractivity contribution in [2.75, 3.05) is 13.7 Å². The minimum absolute atomic E-state index is 0.225. The number of aryl methyl sites for hydroxylation is 1. The molecule has 130 valence electrons. The van der Waals surface area contributed by atoms with Gasteiger partial charge in [-0.3, -0.25) is 18.9 Å². The van der Waals surface area contributed by atoms with E-state index < -0.39 is 50.2 Å². The Morgan fingerprint density at radius 3 is 2.57 bits per heavy atom. The Balaban J connectivity index is 2.44. The molecule has 23 heavy (non-hydrogen) atoms. The van der Waals surface area contributed by atoms with Crippen molar-refractivity contribution in [3.63, 3.8) is 0 Å². The summed E-state index contributed by atoms with van der Waals surface area (Å²) in [5.41, 5.74) is -1.14. The Kier molecular flexibility index (Phi) is 5.21. The van der Waals surface area contributed by atoms with Crippen LogP contribution >= 0.6 is 7.82 Å². The van der Waals surface area contributed by atoms with Gasteiger partial charge in [0.25, 0.3) is 5.56 Å². The minimum atomic E-state index is -4.88. The number of methoxy groups -OCH3 is 1. The first kappa shape index (κ1) is 18.0. The molecule has 1 aromatic rings. The summed E-state index contributed by atoms with van der Waals surface area (Å²) in [5, 5.41) is 9.32. The first-order valence-corrected chi connectivity index (χ1v) is 8.06. The van der Waals surface area contributed by atoms with Gasteiger partial charge in [0.15, 0.2) is 6.23 Å². The standard InChI is InChI=1S/C11H17N2O9P/c1-5-3-13(11(16)12-9(5)15)10-8(20-2)7(6(4-14)21-10)22-23(17,18)19/h3,6-8,10,14H,4H2,1-2H3,(H,12,15,16)(H2,17,18,19)/t6-,7-,8-,10-/m1/s1. The second-order valence-electron chi connectivity index (χ2n) is 4.99. The smallest absolute Gasteiger partial charge is 0.394 e. The van der Waals surface area contributed by atoms with E-state index >= 15 is 0 Å². The number of ether oxygens (including phenoxy) is 2.